The molecule has 0 spiro atoms. The number of hydrogen-bond acceptors (Lipinski definition) is 24. The van der Waals surface area contributed by atoms with Crippen LogP contribution in [0.5, 0.6) is 0 Å². The summed E-state index contributed by atoms with van der Waals surface area (Å²) >= 11 is 0. The Morgan fingerprint density at radius 1 is 0.327 bits per heavy atom. The van der Waals surface area contributed by atoms with E-state index in [2.05, 4.69) is 130 Å². The Morgan fingerprint density at radius 3 is 0.798 bits per heavy atom. The summed E-state index contributed by atoms with van der Waals surface area (Å²) in [7, 11) is 0. The highest BCUT2D eigenvalue weighted by molar-refractivity contribution is 5.78. The molecule has 0 fully saturated rings. The molecule has 0 saturated carbocycles. The van der Waals surface area contributed by atoms with Gasteiger partial charge in [-0.2, -0.15) is 0 Å². The first-order valence-electron chi connectivity index (χ1n) is 36.7. The van der Waals surface area contributed by atoms with Crippen molar-refractivity contribution in [3.05, 3.63) is 130 Å². The zero-order valence-corrected chi connectivity index (χ0v) is 64.4. The van der Waals surface area contributed by atoms with Crippen molar-refractivity contribution >= 4 is 23.9 Å². The van der Waals surface area contributed by atoms with Gasteiger partial charge in [-0.1, -0.05) is 146 Å². The fraction of sp³-hybridized carbons (Fsp3) is 0.675. The molecule has 0 unspecified atom stereocenters. The van der Waals surface area contributed by atoms with Crippen LogP contribution in [0, 0.1) is 10.8 Å². The zero-order valence-electron chi connectivity index (χ0n) is 64.4. The number of hydrogen-bond donors (Lipinski definition) is 2. The second-order valence-corrected chi connectivity index (χ2v) is 26.1. The van der Waals surface area contributed by atoms with Gasteiger partial charge in [0.1, 0.15) is 25.4 Å². The molecule has 0 saturated heterocycles. The lowest BCUT2D eigenvalue weighted by atomic mass is 9.71. The molecule has 0 aromatic heterocycles. The highest BCUT2D eigenvalue weighted by Gasteiger charge is 2.36. The average molecular weight is 1470 g/mol. The lowest BCUT2D eigenvalue weighted by Gasteiger charge is -2.37. The van der Waals surface area contributed by atoms with Crippen LogP contribution in [0.1, 0.15) is 121 Å². The average Bonchev–Trinajstić information content (AvgIpc) is 0.809. The third-order valence-corrected chi connectivity index (χ3v) is 15.8. The topological polar surface area (TPSA) is 275 Å². The van der Waals surface area contributed by atoms with Gasteiger partial charge in [0.25, 0.3) is 0 Å². The van der Waals surface area contributed by atoms with Crippen LogP contribution in [0.15, 0.2) is 130 Å². The Morgan fingerprint density at radius 2 is 0.548 bits per heavy atom. The highest BCUT2D eigenvalue weighted by atomic mass is 16.6. The van der Waals surface area contributed by atoms with Crippen LogP contribution in [0.2, 0.25) is 0 Å². The lowest BCUT2D eigenvalue weighted by Crippen LogP contribution is -2.32. The Kier molecular flexibility index (Phi) is 56.7. The molecule has 2 aliphatic rings. The van der Waals surface area contributed by atoms with E-state index in [0.29, 0.717) is 197 Å². The van der Waals surface area contributed by atoms with Gasteiger partial charge < -0.3 is 95.5 Å². The SMILES string of the molecule is CC1=C(/C=C/C(C)=C/C=C/C(C)=C/C=C/C=C(C)/C=C/C=C(C)/C=C/C2=C(C)C[C@@H](OC(=O)CCC(=O)OCCOCCOCCOCCOCCOCCOCCOCCO)CC2(C)C)C(C)(C)C[C@H](OC(=O)CCC(=O)OCCOCCOCCOCCOCCOCCOCCOCCO)C1. The molecule has 0 heterocycles. The van der Waals surface area contributed by atoms with Gasteiger partial charge >= 0.3 is 23.9 Å². The van der Waals surface area contributed by atoms with Gasteiger partial charge in [0.15, 0.2) is 0 Å². The number of ether oxygens (including phenoxy) is 18. The first-order valence-corrected chi connectivity index (χ1v) is 36.7. The first kappa shape index (κ1) is 94.5. The van der Waals surface area contributed by atoms with Crippen molar-refractivity contribution in [3.8, 4) is 0 Å². The fourth-order valence-electron chi connectivity index (χ4n) is 10.7. The van der Waals surface area contributed by atoms with Gasteiger partial charge in [-0.15, -0.1) is 0 Å². The van der Waals surface area contributed by atoms with Gasteiger partial charge in [-0.25, -0.2) is 0 Å². The number of rotatable bonds is 64. The molecular weight excluding hydrogens is 1340 g/mol. The molecule has 0 aromatic rings. The van der Waals surface area contributed by atoms with Crippen LogP contribution in [0.3, 0.4) is 0 Å². The predicted octanol–water partition coefficient (Wildman–Crippen LogP) is 10.5. The summed E-state index contributed by atoms with van der Waals surface area (Å²) in [5.74, 6) is -1.80. The Labute approximate surface area is 620 Å². The van der Waals surface area contributed by atoms with Gasteiger partial charge in [-0.3, -0.25) is 19.2 Å². The Balaban J connectivity index is 1.58. The summed E-state index contributed by atoms with van der Waals surface area (Å²) in [6, 6.07) is 0. The van der Waals surface area contributed by atoms with Crippen LogP contribution >= 0.6 is 0 Å². The smallest absolute Gasteiger partial charge is 0.306 e. The summed E-state index contributed by atoms with van der Waals surface area (Å²) < 4.78 is 97.9. The van der Waals surface area contributed by atoms with Crippen molar-refractivity contribution in [1.82, 2.24) is 0 Å². The molecule has 2 aliphatic carbocycles. The van der Waals surface area contributed by atoms with Crippen LogP contribution in [0.4, 0.5) is 0 Å². The molecule has 0 aromatic carbocycles. The summed E-state index contributed by atoms with van der Waals surface area (Å²) in [5.41, 5.74) is 8.74. The minimum atomic E-state index is -0.481. The number of carbonyl (C=O) groups is 4. The second-order valence-electron chi connectivity index (χ2n) is 26.1. The van der Waals surface area contributed by atoms with Crippen molar-refractivity contribution in [2.45, 2.75) is 133 Å². The number of esters is 4. The van der Waals surface area contributed by atoms with E-state index >= 15 is 0 Å². The van der Waals surface area contributed by atoms with E-state index in [0.717, 1.165) is 22.3 Å². The quantitative estimate of drug-likeness (QED) is 0.0248. The minimum Gasteiger partial charge on any atom is -0.463 e. The molecule has 2 atom stereocenters. The summed E-state index contributed by atoms with van der Waals surface area (Å²) in [4.78, 5) is 50.3. The molecule has 0 bridgehead atoms. The van der Waals surface area contributed by atoms with Crippen LogP contribution in [-0.4, -0.2) is 258 Å². The molecule has 24 heteroatoms. The maximum absolute atomic E-state index is 12.8. The third kappa shape index (κ3) is 52.4. The fourth-order valence-corrected chi connectivity index (χ4v) is 10.7. The van der Waals surface area contributed by atoms with Gasteiger partial charge in [0.05, 0.1) is 224 Å². The minimum absolute atomic E-state index is 0.00305. The van der Waals surface area contributed by atoms with E-state index in [1.807, 2.05) is 24.3 Å². The highest BCUT2D eigenvalue weighted by Crippen LogP contribution is 2.43. The Bertz CT molecular complexity index is 2500. The first-order chi connectivity index (χ1) is 50.3. The van der Waals surface area contributed by atoms with Crippen molar-refractivity contribution in [1.29, 1.82) is 0 Å². The molecule has 0 radical (unpaired) electrons. The molecule has 104 heavy (non-hydrogen) atoms. The monoisotopic (exact) mass is 1470 g/mol. The molecular formula is C80H128O24. The standard InChI is InChI=1S/C80H128O24/c1-65(17-13-19-67(3)21-23-73-69(5)61-71(63-79(73,7)8)103-77(85)27-25-75(83)101-59-57-99-55-53-97-51-49-95-47-45-93-43-41-91-39-37-89-35-33-87-31-29-81)15-11-12-16-66(2)18-14-20-68(4)22-24-74-70(6)62-72(64-80(74,9)10)104-78(86)28-26-76(84)102-60-58-100-56-54-98-52-50-96-48-46-94-44-42-92-40-38-90-36-34-88-32-30-82/h11-24,71-72,81-82H,25-64H2,1-10H3/b12-11+,17-13+,18-14+,23-21+,24-22+,65-15+,66-16+,67-19+,68-20+/t71-,72-/m1/s1. The van der Waals surface area contributed by atoms with E-state index < -0.39 is 23.9 Å². The third-order valence-electron chi connectivity index (χ3n) is 15.8. The number of aliphatic hydroxyl groups is 2. The van der Waals surface area contributed by atoms with Crippen LogP contribution < -0.4 is 0 Å². The number of carbonyl (C=O) groups excluding carboxylic acids is 4. The van der Waals surface area contributed by atoms with Gasteiger partial charge in [-0.05, 0) is 76.4 Å². The van der Waals surface area contributed by atoms with E-state index in [9.17, 15) is 19.2 Å². The summed E-state index contributed by atoms with van der Waals surface area (Å²) in [5, 5.41) is 17.3. The maximum atomic E-state index is 12.8. The molecule has 0 amide bonds. The maximum Gasteiger partial charge on any atom is 0.306 e. The van der Waals surface area contributed by atoms with E-state index in [1.165, 1.54) is 22.3 Å². The molecule has 2 N–H and O–H groups in total. The van der Waals surface area contributed by atoms with Crippen LogP contribution in [-0.2, 0) is 104 Å². The van der Waals surface area contributed by atoms with Crippen LogP contribution in [0.25, 0.3) is 0 Å². The molecule has 2 rings (SSSR count). The van der Waals surface area contributed by atoms with Crippen molar-refractivity contribution in [2.75, 3.05) is 211 Å². The molecule has 0 aliphatic heterocycles. The van der Waals surface area contributed by atoms with Crippen molar-refractivity contribution < 1.29 is 115 Å². The molecule has 592 valence electrons. The molecule has 24 nitrogen and oxygen atoms in total. The van der Waals surface area contributed by atoms with Crippen molar-refractivity contribution in [2.24, 2.45) is 10.8 Å². The summed E-state index contributed by atoms with van der Waals surface area (Å²) in [6.45, 7) is 32.8. The zero-order chi connectivity index (χ0) is 76.0. The normalized spacial score (nSPS) is 17.0. The predicted molar refractivity (Wildman–Crippen MR) is 398 cm³/mol. The lowest BCUT2D eigenvalue weighted by molar-refractivity contribution is -0.155. The largest absolute Gasteiger partial charge is 0.463 e. The van der Waals surface area contributed by atoms with Gasteiger partial charge in [0.2, 0.25) is 0 Å². The van der Waals surface area contributed by atoms with E-state index in [-0.39, 0.29) is 88.4 Å². The number of allylic oxidation sites excluding steroid dienone is 20. The second kappa shape index (κ2) is 62.4. The Hall–Kier alpha value is -5.62. The number of aliphatic hydroxyl groups excluding tert-OH is 2. The van der Waals surface area contributed by atoms with Crippen molar-refractivity contribution in [3.63, 3.8) is 0 Å². The van der Waals surface area contributed by atoms with E-state index in [1.54, 1.807) is 0 Å². The van der Waals surface area contributed by atoms with Gasteiger partial charge in [0, 0.05) is 12.8 Å². The summed E-state index contributed by atoms with van der Waals surface area (Å²) in [6.07, 6.45) is 31.0. The van der Waals surface area contributed by atoms with E-state index in [4.69, 9.17) is 95.5 Å².